The van der Waals surface area contributed by atoms with Crippen molar-refractivity contribution in [2.75, 3.05) is 6.54 Å². The van der Waals surface area contributed by atoms with Crippen molar-refractivity contribution in [2.45, 2.75) is 6.54 Å². The number of hydrogen-bond acceptors (Lipinski definition) is 3. The first-order valence-corrected chi connectivity index (χ1v) is 5.50. The number of nitrogens with one attached hydrogen (secondary N) is 1. The van der Waals surface area contributed by atoms with E-state index in [1.165, 1.54) is 6.20 Å². The standard InChI is InChI=1S/C11H11ClN4O/c12-10-2-4-13-8-9(10)11(17)14-5-7-16-6-1-3-15-16/h1-4,6,8H,5,7H2,(H,14,17). The van der Waals surface area contributed by atoms with Crippen molar-refractivity contribution in [2.24, 2.45) is 0 Å². The number of rotatable bonds is 4. The fourth-order valence-electron chi connectivity index (χ4n) is 1.36. The third-order valence-corrected chi connectivity index (χ3v) is 2.53. The molecule has 0 saturated heterocycles. The smallest absolute Gasteiger partial charge is 0.254 e. The van der Waals surface area contributed by atoms with Crippen molar-refractivity contribution in [3.63, 3.8) is 0 Å². The van der Waals surface area contributed by atoms with Gasteiger partial charge in [0.05, 0.1) is 17.1 Å². The highest BCUT2D eigenvalue weighted by atomic mass is 35.5. The molecule has 0 spiro atoms. The van der Waals surface area contributed by atoms with Crippen LogP contribution in [0.1, 0.15) is 10.4 Å². The van der Waals surface area contributed by atoms with Crippen LogP contribution < -0.4 is 5.32 Å². The highest BCUT2D eigenvalue weighted by Crippen LogP contribution is 2.12. The molecule has 0 aliphatic heterocycles. The molecule has 0 atom stereocenters. The average Bonchev–Trinajstić information content (AvgIpc) is 2.82. The molecule has 0 fully saturated rings. The molecule has 2 heterocycles. The summed E-state index contributed by atoms with van der Waals surface area (Å²) < 4.78 is 1.74. The first kappa shape index (κ1) is 11.6. The average molecular weight is 251 g/mol. The molecule has 0 unspecified atom stereocenters. The number of carbonyl (C=O) groups is 1. The number of nitrogens with zero attached hydrogens (tertiary/aromatic N) is 3. The summed E-state index contributed by atoms with van der Waals surface area (Å²) in [5.74, 6) is -0.227. The van der Waals surface area contributed by atoms with E-state index in [-0.39, 0.29) is 5.91 Å². The highest BCUT2D eigenvalue weighted by molar-refractivity contribution is 6.33. The Kier molecular flexibility index (Phi) is 3.72. The predicted octanol–water partition coefficient (Wildman–Crippen LogP) is 1.36. The van der Waals surface area contributed by atoms with Crippen LogP contribution in [0.4, 0.5) is 0 Å². The van der Waals surface area contributed by atoms with E-state index in [0.29, 0.717) is 23.7 Å². The van der Waals surface area contributed by atoms with Crippen LogP contribution in [0.15, 0.2) is 36.9 Å². The van der Waals surface area contributed by atoms with E-state index >= 15 is 0 Å². The van der Waals surface area contributed by atoms with Crippen molar-refractivity contribution < 1.29 is 4.79 Å². The molecule has 2 aromatic rings. The van der Waals surface area contributed by atoms with Crippen molar-refractivity contribution in [1.29, 1.82) is 0 Å². The number of halogens is 1. The van der Waals surface area contributed by atoms with Gasteiger partial charge in [0.2, 0.25) is 0 Å². The Morgan fingerprint density at radius 1 is 1.47 bits per heavy atom. The van der Waals surface area contributed by atoms with Crippen LogP contribution in [-0.2, 0) is 6.54 Å². The SMILES string of the molecule is O=C(NCCn1cccn1)c1cnccc1Cl. The number of aromatic nitrogens is 3. The molecule has 0 bridgehead atoms. The van der Waals surface area contributed by atoms with Crippen LogP contribution in [0.5, 0.6) is 0 Å². The van der Waals surface area contributed by atoms with Crippen molar-refractivity contribution in [1.82, 2.24) is 20.1 Å². The zero-order valence-electron chi connectivity index (χ0n) is 9.01. The molecule has 2 rings (SSSR count). The molecule has 0 saturated carbocycles. The minimum Gasteiger partial charge on any atom is -0.350 e. The van der Waals surface area contributed by atoms with E-state index in [2.05, 4.69) is 15.4 Å². The van der Waals surface area contributed by atoms with E-state index in [4.69, 9.17) is 11.6 Å². The van der Waals surface area contributed by atoms with Crippen LogP contribution in [0, 0.1) is 0 Å². The van der Waals surface area contributed by atoms with Gasteiger partial charge in [0.25, 0.3) is 5.91 Å². The number of carbonyl (C=O) groups excluding carboxylic acids is 1. The van der Waals surface area contributed by atoms with Gasteiger partial charge < -0.3 is 5.32 Å². The van der Waals surface area contributed by atoms with Gasteiger partial charge in [0, 0.05) is 31.3 Å². The molecule has 0 aliphatic rings. The zero-order valence-corrected chi connectivity index (χ0v) is 9.76. The summed E-state index contributed by atoms with van der Waals surface area (Å²) in [5, 5.41) is 7.18. The summed E-state index contributed by atoms with van der Waals surface area (Å²) in [5.41, 5.74) is 0.384. The summed E-state index contributed by atoms with van der Waals surface area (Å²) in [6, 6.07) is 3.42. The van der Waals surface area contributed by atoms with Crippen molar-refractivity contribution in [3.05, 3.63) is 47.5 Å². The van der Waals surface area contributed by atoms with Gasteiger partial charge in [-0.25, -0.2) is 0 Å². The number of hydrogen-bond donors (Lipinski definition) is 1. The Labute approximate surface area is 103 Å². The zero-order chi connectivity index (χ0) is 12.1. The summed E-state index contributed by atoms with van der Waals surface area (Å²) in [4.78, 5) is 15.6. The molecule has 88 valence electrons. The fraction of sp³-hybridized carbons (Fsp3) is 0.182. The Balaban J connectivity index is 1.88. The Morgan fingerprint density at radius 2 is 2.35 bits per heavy atom. The summed E-state index contributed by atoms with van der Waals surface area (Å²) in [6.07, 6.45) is 6.53. The molecule has 0 aliphatic carbocycles. The molecule has 0 aromatic carbocycles. The van der Waals surface area contributed by atoms with E-state index in [1.807, 2.05) is 12.3 Å². The van der Waals surface area contributed by atoms with Crippen LogP contribution in [0.25, 0.3) is 0 Å². The molecule has 0 radical (unpaired) electrons. The van der Waals surface area contributed by atoms with E-state index in [1.54, 1.807) is 23.1 Å². The maximum Gasteiger partial charge on any atom is 0.254 e. The van der Waals surface area contributed by atoms with Crippen LogP contribution in [0.2, 0.25) is 5.02 Å². The fourth-order valence-corrected chi connectivity index (χ4v) is 1.55. The Morgan fingerprint density at radius 3 is 3.06 bits per heavy atom. The van der Waals surface area contributed by atoms with Gasteiger partial charge in [-0.1, -0.05) is 11.6 Å². The molecule has 1 amide bonds. The highest BCUT2D eigenvalue weighted by Gasteiger charge is 2.08. The van der Waals surface area contributed by atoms with E-state index in [0.717, 1.165) is 0 Å². The second kappa shape index (κ2) is 5.45. The van der Waals surface area contributed by atoms with Crippen molar-refractivity contribution in [3.8, 4) is 0 Å². The molecule has 2 aromatic heterocycles. The van der Waals surface area contributed by atoms with Crippen molar-refractivity contribution >= 4 is 17.5 Å². The maximum absolute atomic E-state index is 11.7. The first-order chi connectivity index (χ1) is 8.27. The van der Waals surface area contributed by atoms with E-state index < -0.39 is 0 Å². The Hall–Kier alpha value is -1.88. The van der Waals surface area contributed by atoms with Gasteiger partial charge >= 0.3 is 0 Å². The lowest BCUT2D eigenvalue weighted by molar-refractivity contribution is 0.0951. The lowest BCUT2D eigenvalue weighted by Crippen LogP contribution is -2.27. The minimum atomic E-state index is -0.227. The second-order valence-electron chi connectivity index (χ2n) is 3.38. The number of amides is 1. The van der Waals surface area contributed by atoms with Gasteiger partial charge in [0.1, 0.15) is 0 Å². The van der Waals surface area contributed by atoms with Crippen LogP contribution >= 0.6 is 11.6 Å². The lowest BCUT2D eigenvalue weighted by atomic mass is 10.2. The maximum atomic E-state index is 11.7. The molecular weight excluding hydrogens is 240 g/mol. The molecule has 17 heavy (non-hydrogen) atoms. The van der Waals surface area contributed by atoms with E-state index in [9.17, 15) is 4.79 Å². The van der Waals surface area contributed by atoms with Gasteiger partial charge in [0.15, 0.2) is 0 Å². The normalized spacial score (nSPS) is 10.2. The topological polar surface area (TPSA) is 59.8 Å². The van der Waals surface area contributed by atoms with Gasteiger partial charge in [-0.2, -0.15) is 5.10 Å². The van der Waals surface area contributed by atoms with Gasteiger partial charge in [-0.05, 0) is 12.1 Å². The monoisotopic (exact) mass is 250 g/mol. The predicted molar refractivity (Wildman–Crippen MR) is 63.8 cm³/mol. The lowest BCUT2D eigenvalue weighted by Gasteiger charge is -2.06. The minimum absolute atomic E-state index is 0.227. The summed E-state index contributed by atoms with van der Waals surface area (Å²) in [6.45, 7) is 1.11. The Bertz CT molecular complexity index is 498. The summed E-state index contributed by atoms with van der Waals surface area (Å²) >= 11 is 5.88. The molecule has 6 heteroatoms. The first-order valence-electron chi connectivity index (χ1n) is 5.12. The second-order valence-corrected chi connectivity index (χ2v) is 3.79. The third kappa shape index (κ3) is 3.04. The molecule has 1 N–H and O–H groups in total. The van der Waals surface area contributed by atoms with Crippen LogP contribution in [-0.4, -0.2) is 27.2 Å². The number of pyridine rings is 1. The van der Waals surface area contributed by atoms with Gasteiger partial charge in [-0.15, -0.1) is 0 Å². The largest absolute Gasteiger partial charge is 0.350 e. The summed E-state index contributed by atoms with van der Waals surface area (Å²) in [7, 11) is 0. The van der Waals surface area contributed by atoms with Gasteiger partial charge in [-0.3, -0.25) is 14.5 Å². The molecule has 5 nitrogen and oxygen atoms in total. The third-order valence-electron chi connectivity index (χ3n) is 2.20. The quantitative estimate of drug-likeness (QED) is 0.891. The van der Waals surface area contributed by atoms with Crippen LogP contribution in [0.3, 0.4) is 0 Å². The molecular formula is C11H11ClN4O.